The van der Waals surface area contributed by atoms with Crippen LogP contribution in [0.5, 0.6) is 0 Å². The van der Waals surface area contributed by atoms with Crippen molar-refractivity contribution in [2.75, 3.05) is 23.8 Å². The smallest absolute Gasteiger partial charge is 0.311 e. The molecule has 2 rings (SSSR count). The number of hydrogen-bond donors (Lipinski definition) is 2. The van der Waals surface area contributed by atoms with E-state index in [0.29, 0.717) is 31.1 Å². The van der Waals surface area contributed by atoms with Crippen LogP contribution in [0, 0.1) is 5.41 Å². The van der Waals surface area contributed by atoms with Gasteiger partial charge in [0, 0.05) is 35.5 Å². The van der Waals surface area contributed by atoms with Crippen molar-refractivity contribution in [2.45, 2.75) is 24.5 Å². The third-order valence-corrected chi connectivity index (χ3v) is 6.07. The first-order valence-corrected chi connectivity index (χ1v) is 8.02. The molecule has 1 atom stereocenters. The monoisotopic (exact) mass is 275 g/mol. The number of carboxylic acid groups (broad SMARTS) is 1. The zero-order chi connectivity index (χ0) is 12.3. The highest BCUT2D eigenvalue weighted by molar-refractivity contribution is 8.06. The highest BCUT2D eigenvalue weighted by Gasteiger charge is 2.50. The minimum Gasteiger partial charge on any atom is -0.481 e. The molecule has 2 N–H and O–H groups in total. The average molecular weight is 275 g/mol. The molecule has 1 unspecified atom stereocenters. The molecule has 4 nitrogen and oxygen atoms in total. The van der Waals surface area contributed by atoms with Gasteiger partial charge in [-0.1, -0.05) is 0 Å². The number of hydrogen-bond acceptors (Lipinski definition) is 4. The van der Waals surface area contributed by atoms with Crippen LogP contribution >= 0.6 is 23.5 Å². The summed E-state index contributed by atoms with van der Waals surface area (Å²) >= 11 is 3.74. The van der Waals surface area contributed by atoms with Crippen LogP contribution in [0.25, 0.3) is 0 Å². The summed E-state index contributed by atoms with van der Waals surface area (Å²) in [6, 6.07) is 0. The molecular formula is C11H17NO3S2. The van der Waals surface area contributed by atoms with Crippen molar-refractivity contribution >= 4 is 35.4 Å². The standard InChI is InChI=1S/C11H17NO3S2/c13-9(5-8-6-16-3-4-17-8)12-7-11(1-2-11)10(14)15/h8H,1-7H2,(H,12,13)(H,14,15). The molecule has 1 heterocycles. The van der Waals surface area contributed by atoms with Crippen LogP contribution in [-0.4, -0.2) is 46.0 Å². The van der Waals surface area contributed by atoms with E-state index in [4.69, 9.17) is 5.11 Å². The first kappa shape index (κ1) is 13.1. The third-order valence-electron chi connectivity index (χ3n) is 3.23. The van der Waals surface area contributed by atoms with Crippen molar-refractivity contribution in [1.82, 2.24) is 5.32 Å². The van der Waals surface area contributed by atoms with Gasteiger partial charge in [0.1, 0.15) is 0 Å². The molecule has 96 valence electrons. The summed E-state index contributed by atoms with van der Waals surface area (Å²) in [5.74, 6) is 2.53. The number of carbonyl (C=O) groups excluding carboxylic acids is 1. The number of rotatable bonds is 5. The van der Waals surface area contributed by atoms with Gasteiger partial charge in [0.2, 0.25) is 5.91 Å². The molecule has 0 radical (unpaired) electrons. The van der Waals surface area contributed by atoms with E-state index in [1.807, 2.05) is 23.5 Å². The fourth-order valence-corrected chi connectivity index (χ4v) is 4.50. The molecule has 1 saturated carbocycles. The molecule has 2 aliphatic rings. The zero-order valence-corrected chi connectivity index (χ0v) is 11.2. The summed E-state index contributed by atoms with van der Waals surface area (Å²) in [6.45, 7) is 0.297. The van der Waals surface area contributed by atoms with Crippen LogP contribution in [0.1, 0.15) is 19.3 Å². The summed E-state index contributed by atoms with van der Waals surface area (Å²) in [5.41, 5.74) is -0.649. The van der Waals surface area contributed by atoms with E-state index in [0.717, 1.165) is 11.5 Å². The minimum absolute atomic E-state index is 0.00229. The maximum Gasteiger partial charge on any atom is 0.311 e. The molecular weight excluding hydrogens is 258 g/mol. The second-order valence-corrected chi connectivity index (χ2v) is 7.19. The molecule has 2 fully saturated rings. The highest BCUT2D eigenvalue weighted by atomic mass is 32.2. The van der Waals surface area contributed by atoms with Crippen LogP contribution in [0.4, 0.5) is 0 Å². The Morgan fingerprint density at radius 1 is 1.35 bits per heavy atom. The van der Waals surface area contributed by atoms with Crippen molar-refractivity contribution in [3.63, 3.8) is 0 Å². The van der Waals surface area contributed by atoms with Crippen LogP contribution < -0.4 is 5.32 Å². The largest absolute Gasteiger partial charge is 0.481 e. The fourth-order valence-electron chi connectivity index (χ4n) is 1.82. The lowest BCUT2D eigenvalue weighted by molar-refractivity contribution is -0.143. The Morgan fingerprint density at radius 3 is 2.65 bits per heavy atom. The van der Waals surface area contributed by atoms with Crippen LogP contribution in [0.3, 0.4) is 0 Å². The Bertz CT molecular complexity index is 312. The summed E-state index contributed by atoms with van der Waals surface area (Å²) in [4.78, 5) is 22.6. The molecule has 0 aromatic carbocycles. The van der Waals surface area contributed by atoms with Gasteiger partial charge in [0.05, 0.1) is 5.41 Å². The SMILES string of the molecule is O=C(CC1CSCCS1)NCC1(C(=O)O)CC1. The Balaban J connectivity index is 1.69. The first-order valence-electron chi connectivity index (χ1n) is 5.82. The summed E-state index contributed by atoms with van der Waals surface area (Å²) in [5, 5.41) is 12.1. The van der Waals surface area contributed by atoms with Gasteiger partial charge in [-0.05, 0) is 12.8 Å². The molecule has 0 aromatic rings. The molecule has 6 heteroatoms. The lowest BCUT2D eigenvalue weighted by Crippen LogP contribution is -2.36. The Kier molecular flexibility index (Phi) is 4.25. The van der Waals surface area contributed by atoms with Crippen molar-refractivity contribution < 1.29 is 14.7 Å². The zero-order valence-electron chi connectivity index (χ0n) is 9.61. The molecule has 0 spiro atoms. The average Bonchev–Trinajstić information content (AvgIpc) is 3.09. The van der Waals surface area contributed by atoms with Crippen molar-refractivity contribution in [1.29, 1.82) is 0 Å². The van der Waals surface area contributed by atoms with Crippen molar-refractivity contribution in [3.8, 4) is 0 Å². The lowest BCUT2D eigenvalue weighted by Gasteiger charge is -2.20. The molecule has 0 bridgehead atoms. The van der Waals surface area contributed by atoms with Crippen molar-refractivity contribution in [3.05, 3.63) is 0 Å². The number of aliphatic carboxylic acids is 1. The van der Waals surface area contributed by atoms with Gasteiger partial charge in [0.15, 0.2) is 0 Å². The van der Waals surface area contributed by atoms with E-state index in [1.165, 1.54) is 5.75 Å². The molecule has 1 saturated heterocycles. The Morgan fingerprint density at radius 2 is 2.12 bits per heavy atom. The molecule has 0 aromatic heterocycles. The van der Waals surface area contributed by atoms with E-state index in [9.17, 15) is 9.59 Å². The molecule has 1 aliphatic heterocycles. The summed E-state index contributed by atoms with van der Waals surface area (Å²) in [7, 11) is 0. The van der Waals surface area contributed by atoms with Gasteiger partial charge >= 0.3 is 5.97 Å². The topological polar surface area (TPSA) is 66.4 Å². The quantitative estimate of drug-likeness (QED) is 0.789. The van der Waals surface area contributed by atoms with Crippen LogP contribution in [0.15, 0.2) is 0 Å². The van der Waals surface area contributed by atoms with Gasteiger partial charge < -0.3 is 10.4 Å². The van der Waals surface area contributed by atoms with Gasteiger partial charge in [-0.3, -0.25) is 9.59 Å². The number of amides is 1. The van der Waals surface area contributed by atoms with E-state index in [-0.39, 0.29) is 5.91 Å². The second kappa shape index (κ2) is 5.52. The fraction of sp³-hybridized carbons (Fsp3) is 0.818. The summed E-state index contributed by atoms with van der Waals surface area (Å²) < 4.78 is 0. The van der Waals surface area contributed by atoms with Crippen LogP contribution in [0.2, 0.25) is 0 Å². The summed E-state index contributed by atoms with van der Waals surface area (Å²) in [6.07, 6.45) is 1.90. The molecule has 17 heavy (non-hydrogen) atoms. The molecule has 1 amide bonds. The first-order chi connectivity index (χ1) is 8.12. The number of carbonyl (C=O) groups is 2. The van der Waals surface area contributed by atoms with Gasteiger partial charge in [-0.2, -0.15) is 23.5 Å². The number of thioether (sulfide) groups is 2. The molecule has 1 aliphatic carbocycles. The van der Waals surface area contributed by atoms with E-state index >= 15 is 0 Å². The maximum absolute atomic E-state index is 11.7. The van der Waals surface area contributed by atoms with Gasteiger partial charge in [-0.15, -0.1) is 0 Å². The van der Waals surface area contributed by atoms with E-state index < -0.39 is 11.4 Å². The maximum atomic E-state index is 11.7. The minimum atomic E-state index is -0.777. The predicted molar refractivity (Wildman–Crippen MR) is 70.5 cm³/mol. The van der Waals surface area contributed by atoms with Crippen molar-refractivity contribution in [2.24, 2.45) is 5.41 Å². The van der Waals surface area contributed by atoms with E-state index in [1.54, 1.807) is 0 Å². The number of carboxylic acids is 1. The number of nitrogens with one attached hydrogen (secondary N) is 1. The van der Waals surface area contributed by atoms with E-state index in [2.05, 4.69) is 5.32 Å². The van der Waals surface area contributed by atoms with Gasteiger partial charge in [-0.25, -0.2) is 0 Å². The predicted octanol–water partition coefficient (Wildman–Crippen LogP) is 1.21. The Labute approximate surface area is 109 Å². The van der Waals surface area contributed by atoms with Crippen LogP contribution in [-0.2, 0) is 9.59 Å². The normalized spacial score (nSPS) is 26.2. The third kappa shape index (κ3) is 3.55. The lowest BCUT2D eigenvalue weighted by atomic mass is 10.1. The van der Waals surface area contributed by atoms with Gasteiger partial charge in [0.25, 0.3) is 0 Å². The highest BCUT2D eigenvalue weighted by Crippen LogP contribution is 2.45. The second-order valence-electron chi connectivity index (χ2n) is 4.63. The Hall–Kier alpha value is -0.360.